The van der Waals surface area contributed by atoms with Gasteiger partial charge < -0.3 is 24.1 Å². The van der Waals surface area contributed by atoms with Crippen LogP contribution in [0.15, 0.2) is 53.1 Å². The third-order valence-electron chi connectivity index (χ3n) is 8.18. The summed E-state index contributed by atoms with van der Waals surface area (Å²) in [6.07, 6.45) is 6.92. The fourth-order valence-electron chi connectivity index (χ4n) is 5.95. The summed E-state index contributed by atoms with van der Waals surface area (Å²) in [7, 11) is 2.10. The minimum Gasteiger partial charge on any atom is -0.463 e. The highest BCUT2D eigenvalue weighted by molar-refractivity contribution is 6.02. The summed E-state index contributed by atoms with van der Waals surface area (Å²) in [6.45, 7) is 6.78. The lowest BCUT2D eigenvalue weighted by atomic mass is 9.85. The van der Waals surface area contributed by atoms with Crippen molar-refractivity contribution in [2.24, 2.45) is 5.92 Å². The Labute approximate surface area is 213 Å². The van der Waals surface area contributed by atoms with Gasteiger partial charge in [-0.25, -0.2) is 0 Å². The van der Waals surface area contributed by atoms with E-state index >= 15 is 0 Å². The fraction of sp³-hybridized carbons (Fsp3) is 0.517. The lowest BCUT2D eigenvalue weighted by Gasteiger charge is -2.45. The van der Waals surface area contributed by atoms with Crippen molar-refractivity contribution in [3.05, 3.63) is 60.0 Å². The number of benzene rings is 1. The molecule has 0 bridgehead atoms. The van der Waals surface area contributed by atoms with Crippen LogP contribution in [-0.2, 0) is 17.9 Å². The smallest absolute Gasteiger partial charge is 0.271 e. The predicted molar refractivity (Wildman–Crippen MR) is 141 cm³/mol. The Balaban J connectivity index is 1.35. The molecule has 3 atom stereocenters. The molecule has 3 heterocycles. The van der Waals surface area contributed by atoms with Crippen molar-refractivity contribution in [3.8, 4) is 0 Å². The van der Waals surface area contributed by atoms with Crippen LogP contribution in [-0.4, -0.2) is 57.9 Å². The highest BCUT2D eigenvalue weighted by Gasteiger charge is 2.48. The monoisotopic (exact) mass is 490 g/mol. The largest absolute Gasteiger partial charge is 0.463 e. The van der Waals surface area contributed by atoms with Gasteiger partial charge in [-0.05, 0) is 51.3 Å². The Morgan fingerprint density at radius 3 is 2.75 bits per heavy atom. The molecule has 2 amide bonds. The second-order valence-electron chi connectivity index (χ2n) is 10.9. The number of carbonyl (C=O) groups excluding carboxylic acids is 2. The summed E-state index contributed by atoms with van der Waals surface area (Å²) in [6, 6.07) is 14.2. The van der Waals surface area contributed by atoms with Crippen LogP contribution in [0.25, 0.3) is 11.1 Å². The summed E-state index contributed by atoms with van der Waals surface area (Å²) in [5, 5.41) is 3.35. The Morgan fingerprint density at radius 2 is 1.97 bits per heavy atom. The molecule has 5 rings (SSSR count). The first-order valence-corrected chi connectivity index (χ1v) is 13.3. The van der Waals surface area contributed by atoms with Crippen molar-refractivity contribution in [3.63, 3.8) is 0 Å². The second kappa shape index (κ2) is 10.1. The quantitative estimate of drug-likeness (QED) is 0.498. The normalized spacial score (nSPS) is 24.3. The number of furan rings is 1. The number of aromatic nitrogens is 1. The molecule has 1 aliphatic heterocycles. The maximum atomic E-state index is 13.9. The third-order valence-corrected chi connectivity index (χ3v) is 8.18. The third kappa shape index (κ3) is 4.69. The summed E-state index contributed by atoms with van der Waals surface area (Å²) in [5.41, 5.74) is 2.44. The van der Waals surface area contributed by atoms with Crippen LogP contribution in [0.5, 0.6) is 0 Å². The molecule has 0 saturated heterocycles. The molecule has 2 aliphatic rings. The number of fused-ring (bicyclic) bond motifs is 3. The Hall–Kier alpha value is -3.06. The molecule has 1 aliphatic carbocycles. The van der Waals surface area contributed by atoms with E-state index in [1.54, 1.807) is 11.2 Å². The standard InChI is InChI=1S/C29H38N4O3/c1-21-10-7-8-13-23(21)30-28(35)29(2)20-32-24-14-17-36-26(24)18-25(32)27(34)33(29)16-9-15-31(3)19-22-11-5-4-6-12-22/h4-6,11-12,14,17-18,21,23H,7-10,13,15-16,19-20H2,1-3H3,(H,30,35)/t21-,23-,29+/m1/s1. The number of rotatable bonds is 8. The van der Waals surface area contributed by atoms with Crippen molar-refractivity contribution in [2.75, 3.05) is 20.1 Å². The van der Waals surface area contributed by atoms with E-state index in [4.69, 9.17) is 4.42 Å². The van der Waals surface area contributed by atoms with Gasteiger partial charge in [0.15, 0.2) is 5.58 Å². The summed E-state index contributed by atoms with van der Waals surface area (Å²) in [4.78, 5) is 31.7. The van der Waals surface area contributed by atoms with E-state index in [0.29, 0.717) is 30.3 Å². The van der Waals surface area contributed by atoms with E-state index in [1.807, 2.05) is 29.7 Å². The van der Waals surface area contributed by atoms with Crippen LogP contribution in [0.4, 0.5) is 0 Å². The number of hydrogen-bond acceptors (Lipinski definition) is 4. The van der Waals surface area contributed by atoms with Gasteiger partial charge in [-0.2, -0.15) is 0 Å². The lowest BCUT2D eigenvalue weighted by Crippen LogP contribution is -2.65. The van der Waals surface area contributed by atoms with Gasteiger partial charge >= 0.3 is 0 Å². The molecular formula is C29H38N4O3. The van der Waals surface area contributed by atoms with E-state index < -0.39 is 5.54 Å². The molecule has 1 fully saturated rings. The molecule has 3 aromatic rings. The average molecular weight is 491 g/mol. The van der Waals surface area contributed by atoms with E-state index in [1.165, 1.54) is 12.0 Å². The first kappa shape index (κ1) is 24.6. The maximum absolute atomic E-state index is 13.9. The fourth-order valence-corrected chi connectivity index (χ4v) is 5.95. The SMILES string of the molecule is C[C@@H]1CCCC[C@H]1NC(=O)[C@]1(C)Cn2c(cc3occc32)C(=O)N1CCCN(C)Cc1ccccc1. The molecule has 0 spiro atoms. The molecule has 2 aromatic heterocycles. The number of amides is 2. The van der Waals surface area contributed by atoms with Gasteiger partial charge in [0.25, 0.3) is 5.91 Å². The first-order chi connectivity index (χ1) is 17.4. The minimum atomic E-state index is -0.970. The molecule has 7 nitrogen and oxygen atoms in total. The maximum Gasteiger partial charge on any atom is 0.271 e. The summed E-state index contributed by atoms with van der Waals surface area (Å²) < 4.78 is 7.55. The highest BCUT2D eigenvalue weighted by Crippen LogP contribution is 2.34. The topological polar surface area (TPSA) is 70.7 Å². The zero-order valence-corrected chi connectivity index (χ0v) is 21.7. The Bertz CT molecular complexity index is 1220. The predicted octanol–water partition coefficient (Wildman–Crippen LogP) is 4.67. The molecule has 7 heteroatoms. The molecule has 0 unspecified atom stereocenters. The van der Waals surface area contributed by atoms with Crippen molar-refractivity contribution in [1.82, 2.24) is 19.7 Å². The van der Waals surface area contributed by atoms with E-state index in [-0.39, 0.29) is 17.9 Å². The Morgan fingerprint density at radius 1 is 1.19 bits per heavy atom. The van der Waals surface area contributed by atoms with E-state index in [9.17, 15) is 9.59 Å². The van der Waals surface area contributed by atoms with Gasteiger partial charge in [0.1, 0.15) is 11.2 Å². The molecule has 192 valence electrons. The van der Waals surface area contributed by atoms with Crippen LogP contribution < -0.4 is 5.32 Å². The minimum absolute atomic E-state index is 0.0526. The second-order valence-corrected chi connectivity index (χ2v) is 10.9. The van der Waals surface area contributed by atoms with E-state index in [2.05, 4.69) is 48.5 Å². The van der Waals surface area contributed by atoms with Crippen molar-refractivity contribution in [2.45, 2.75) is 70.6 Å². The molecule has 1 N–H and O–H groups in total. The first-order valence-electron chi connectivity index (χ1n) is 13.3. The van der Waals surface area contributed by atoms with Gasteiger partial charge in [0, 0.05) is 31.3 Å². The molecule has 1 saturated carbocycles. The van der Waals surface area contributed by atoms with Crippen LogP contribution >= 0.6 is 0 Å². The number of hydrogen-bond donors (Lipinski definition) is 1. The van der Waals surface area contributed by atoms with Crippen molar-refractivity contribution >= 4 is 22.9 Å². The van der Waals surface area contributed by atoms with Gasteiger partial charge in [-0.3, -0.25) is 9.59 Å². The van der Waals surface area contributed by atoms with Gasteiger partial charge in [0.2, 0.25) is 5.91 Å². The van der Waals surface area contributed by atoms with Gasteiger partial charge in [-0.15, -0.1) is 0 Å². The van der Waals surface area contributed by atoms with Crippen LogP contribution in [0.2, 0.25) is 0 Å². The lowest BCUT2D eigenvalue weighted by molar-refractivity contribution is -0.134. The zero-order chi connectivity index (χ0) is 25.3. The number of nitrogens with zero attached hydrogens (tertiary/aromatic N) is 3. The van der Waals surface area contributed by atoms with Crippen molar-refractivity contribution < 1.29 is 14.0 Å². The highest BCUT2D eigenvalue weighted by atomic mass is 16.3. The molecule has 1 aromatic carbocycles. The molecular weight excluding hydrogens is 452 g/mol. The van der Waals surface area contributed by atoms with E-state index in [0.717, 1.165) is 44.3 Å². The Kier molecular flexibility index (Phi) is 6.93. The zero-order valence-electron chi connectivity index (χ0n) is 21.7. The summed E-state index contributed by atoms with van der Waals surface area (Å²) >= 11 is 0. The van der Waals surface area contributed by atoms with Crippen LogP contribution in [0.3, 0.4) is 0 Å². The average Bonchev–Trinajstić information content (AvgIpc) is 3.46. The van der Waals surface area contributed by atoms with Crippen LogP contribution in [0.1, 0.15) is 62.0 Å². The summed E-state index contributed by atoms with van der Waals surface area (Å²) in [5.74, 6) is 0.296. The molecule has 0 radical (unpaired) electrons. The van der Waals surface area contributed by atoms with Gasteiger partial charge in [0.05, 0.1) is 18.3 Å². The van der Waals surface area contributed by atoms with Crippen LogP contribution in [0, 0.1) is 5.92 Å². The van der Waals surface area contributed by atoms with Crippen molar-refractivity contribution in [1.29, 1.82) is 0 Å². The molecule has 36 heavy (non-hydrogen) atoms. The number of carbonyl (C=O) groups is 2. The number of nitrogens with one attached hydrogen (secondary N) is 1. The van der Waals surface area contributed by atoms with Gasteiger partial charge in [-0.1, -0.05) is 50.1 Å².